The number of aromatic nitrogens is 3. The minimum Gasteiger partial charge on any atom is -0.495 e. The summed E-state index contributed by atoms with van der Waals surface area (Å²) in [5.74, 6) is -0.675. The topological polar surface area (TPSA) is 77.3 Å². The molecule has 182 valence electrons. The molecule has 0 aliphatic carbocycles. The molecule has 0 bridgehead atoms. The van der Waals surface area contributed by atoms with Crippen LogP contribution in [0.5, 0.6) is 5.75 Å². The summed E-state index contributed by atoms with van der Waals surface area (Å²) in [6.07, 6.45) is 2.54. The Labute approximate surface area is 206 Å². The summed E-state index contributed by atoms with van der Waals surface area (Å²) >= 11 is 6.14. The number of hydrogen-bond acceptors (Lipinski definition) is 5. The number of halogens is 3. The third kappa shape index (κ3) is 4.26. The normalized spacial score (nSPS) is 15.5. The van der Waals surface area contributed by atoms with Gasteiger partial charge in [0.2, 0.25) is 10.0 Å². The summed E-state index contributed by atoms with van der Waals surface area (Å²) in [7, 11) is -2.31. The summed E-state index contributed by atoms with van der Waals surface area (Å²) in [6.45, 7) is 0.489. The van der Waals surface area contributed by atoms with Crippen molar-refractivity contribution in [3.63, 3.8) is 0 Å². The number of benzene rings is 2. The number of fused-ring (bicyclic) bond motifs is 1. The van der Waals surface area contributed by atoms with Gasteiger partial charge in [0.1, 0.15) is 28.7 Å². The summed E-state index contributed by atoms with van der Waals surface area (Å²) < 4.78 is 63.0. The van der Waals surface area contributed by atoms with Crippen molar-refractivity contribution in [3.05, 3.63) is 71.4 Å². The molecular formula is C24H21ClF2N4O3S. The molecule has 2 aromatic carbocycles. The number of ether oxygens (including phenoxy) is 1. The maximum absolute atomic E-state index is 14.7. The first-order chi connectivity index (χ1) is 16.8. The predicted molar refractivity (Wildman–Crippen MR) is 128 cm³/mol. The van der Waals surface area contributed by atoms with Crippen molar-refractivity contribution in [1.82, 2.24) is 18.8 Å². The fourth-order valence-corrected chi connectivity index (χ4v) is 6.25. The van der Waals surface area contributed by atoms with Crippen molar-refractivity contribution >= 4 is 32.8 Å². The van der Waals surface area contributed by atoms with Crippen LogP contribution in [0.4, 0.5) is 8.78 Å². The summed E-state index contributed by atoms with van der Waals surface area (Å²) in [4.78, 5) is 9.09. The smallest absolute Gasteiger partial charge is 0.243 e. The van der Waals surface area contributed by atoms with Gasteiger partial charge < -0.3 is 9.30 Å². The highest BCUT2D eigenvalue weighted by Crippen LogP contribution is 2.35. The minimum absolute atomic E-state index is 0.0885. The maximum Gasteiger partial charge on any atom is 0.243 e. The molecule has 5 rings (SSSR count). The van der Waals surface area contributed by atoms with Gasteiger partial charge in [-0.15, -0.1) is 0 Å². The summed E-state index contributed by atoms with van der Waals surface area (Å²) in [6, 6.07) is 11.1. The van der Waals surface area contributed by atoms with Crippen LogP contribution in [0.25, 0.3) is 22.6 Å². The molecule has 1 aliphatic rings. The van der Waals surface area contributed by atoms with E-state index in [0.717, 1.165) is 6.07 Å². The molecule has 2 aromatic heterocycles. The van der Waals surface area contributed by atoms with Crippen molar-refractivity contribution in [3.8, 4) is 17.1 Å². The fraction of sp³-hybridized carbons (Fsp3) is 0.250. The predicted octanol–water partition coefficient (Wildman–Crippen LogP) is 5.06. The van der Waals surface area contributed by atoms with Crippen LogP contribution >= 0.6 is 11.6 Å². The molecule has 0 saturated carbocycles. The van der Waals surface area contributed by atoms with E-state index in [2.05, 4.69) is 9.97 Å². The Morgan fingerprint density at radius 1 is 1.09 bits per heavy atom. The second-order valence-electron chi connectivity index (χ2n) is 8.21. The second kappa shape index (κ2) is 9.18. The fourth-order valence-electron chi connectivity index (χ4n) is 4.43. The Kier molecular flexibility index (Phi) is 6.20. The molecule has 0 atom stereocenters. The number of sulfonamides is 1. The lowest BCUT2D eigenvalue weighted by atomic mass is 10.1. The Bertz CT molecular complexity index is 1520. The third-order valence-corrected chi connectivity index (χ3v) is 8.36. The molecule has 1 fully saturated rings. The second-order valence-corrected chi connectivity index (χ2v) is 10.6. The zero-order valence-corrected chi connectivity index (χ0v) is 20.2. The maximum atomic E-state index is 14.7. The lowest BCUT2D eigenvalue weighted by Crippen LogP contribution is -2.39. The van der Waals surface area contributed by atoms with E-state index < -0.39 is 21.7 Å². The van der Waals surface area contributed by atoms with Crippen LogP contribution in [0.1, 0.15) is 18.9 Å². The molecule has 1 aliphatic heterocycles. The molecule has 0 unspecified atom stereocenters. The average molecular weight is 519 g/mol. The van der Waals surface area contributed by atoms with Crippen LogP contribution in [0, 0.1) is 11.6 Å². The van der Waals surface area contributed by atoms with E-state index >= 15 is 0 Å². The number of methoxy groups -OCH3 is 1. The van der Waals surface area contributed by atoms with Gasteiger partial charge in [-0.25, -0.2) is 27.2 Å². The SMILES string of the molecule is COc1ccc(S(=O)(=O)N2CCC(n3c(-c4ccc(F)cc4F)nc4cccnc43)CC2)cc1Cl. The van der Waals surface area contributed by atoms with Gasteiger partial charge in [-0.3, -0.25) is 0 Å². The van der Waals surface area contributed by atoms with Gasteiger partial charge in [-0.05, 0) is 55.3 Å². The van der Waals surface area contributed by atoms with E-state index in [-0.39, 0.29) is 34.6 Å². The van der Waals surface area contributed by atoms with Crippen LogP contribution in [0.15, 0.2) is 59.6 Å². The van der Waals surface area contributed by atoms with Gasteiger partial charge in [0, 0.05) is 31.4 Å². The van der Waals surface area contributed by atoms with E-state index in [1.54, 1.807) is 18.3 Å². The zero-order valence-electron chi connectivity index (χ0n) is 18.7. The van der Waals surface area contributed by atoms with Crippen molar-refractivity contribution in [2.45, 2.75) is 23.8 Å². The number of pyridine rings is 1. The van der Waals surface area contributed by atoms with Crippen LogP contribution in [0.3, 0.4) is 0 Å². The summed E-state index contributed by atoms with van der Waals surface area (Å²) in [5.41, 5.74) is 1.30. The Balaban J connectivity index is 1.46. The highest BCUT2D eigenvalue weighted by Gasteiger charge is 2.32. The first-order valence-corrected chi connectivity index (χ1v) is 12.7. The van der Waals surface area contributed by atoms with Gasteiger partial charge in [-0.2, -0.15) is 4.31 Å². The molecule has 0 spiro atoms. The van der Waals surface area contributed by atoms with E-state index in [0.29, 0.717) is 35.6 Å². The Morgan fingerprint density at radius 2 is 1.86 bits per heavy atom. The van der Waals surface area contributed by atoms with Crippen molar-refractivity contribution < 1.29 is 21.9 Å². The summed E-state index contributed by atoms with van der Waals surface area (Å²) in [5, 5.41) is 0.213. The molecule has 0 radical (unpaired) electrons. The highest BCUT2D eigenvalue weighted by molar-refractivity contribution is 7.89. The van der Waals surface area contributed by atoms with Gasteiger partial charge >= 0.3 is 0 Å². The molecular weight excluding hydrogens is 498 g/mol. The molecule has 35 heavy (non-hydrogen) atoms. The van der Waals surface area contributed by atoms with E-state index in [1.807, 2.05) is 4.57 Å². The van der Waals surface area contributed by atoms with Crippen molar-refractivity contribution in [2.24, 2.45) is 0 Å². The minimum atomic E-state index is -3.77. The molecule has 11 heteroatoms. The van der Waals surface area contributed by atoms with E-state index in [9.17, 15) is 17.2 Å². The van der Waals surface area contributed by atoms with E-state index in [4.69, 9.17) is 16.3 Å². The van der Waals surface area contributed by atoms with Gasteiger partial charge in [0.15, 0.2) is 5.65 Å². The number of rotatable bonds is 5. The van der Waals surface area contributed by atoms with Gasteiger partial charge in [0.05, 0.1) is 22.6 Å². The first kappa shape index (κ1) is 23.7. The van der Waals surface area contributed by atoms with E-state index in [1.165, 1.54) is 41.7 Å². The molecule has 4 aromatic rings. The molecule has 3 heterocycles. The first-order valence-electron chi connectivity index (χ1n) is 10.9. The lowest BCUT2D eigenvalue weighted by Gasteiger charge is -2.32. The zero-order chi connectivity index (χ0) is 24.7. The number of nitrogens with zero attached hydrogens (tertiary/aromatic N) is 4. The number of piperidine rings is 1. The van der Waals surface area contributed by atoms with Crippen molar-refractivity contribution in [1.29, 1.82) is 0 Å². The van der Waals surface area contributed by atoms with Gasteiger partial charge in [-0.1, -0.05) is 11.6 Å². The van der Waals surface area contributed by atoms with Crippen LogP contribution in [0.2, 0.25) is 5.02 Å². The average Bonchev–Trinajstić information content (AvgIpc) is 3.23. The molecule has 1 saturated heterocycles. The third-order valence-electron chi connectivity index (χ3n) is 6.17. The Morgan fingerprint density at radius 3 is 2.54 bits per heavy atom. The number of imidazole rings is 1. The quantitative estimate of drug-likeness (QED) is 0.369. The van der Waals surface area contributed by atoms with Gasteiger partial charge in [0.25, 0.3) is 0 Å². The lowest BCUT2D eigenvalue weighted by molar-refractivity contribution is 0.278. The van der Waals surface area contributed by atoms with Crippen molar-refractivity contribution in [2.75, 3.05) is 20.2 Å². The molecule has 0 N–H and O–H groups in total. The Hall–Kier alpha value is -3.08. The monoisotopic (exact) mass is 518 g/mol. The van der Waals surface area contributed by atoms with Crippen LogP contribution in [-0.2, 0) is 10.0 Å². The number of hydrogen-bond donors (Lipinski definition) is 0. The van der Waals surface area contributed by atoms with Crippen LogP contribution in [-0.4, -0.2) is 47.5 Å². The molecule has 0 amide bonds. The molecule has 7 nitrogen and oxygen atoms in total. The standard InChI is InChI=1S/C24H21ClF2N4O3S/c1-34-22-7-5-17(14-19(22)25)35(32,33)30-11-8-16(9-12-30)31-23(18-6-4-15(26)13-20(18)27)29-21-3-2-10-28-24(21)31/h2-7,10,13-14,16H,8-9,11-12H2,1H3. The highest BCUT2D eigenvalue weighted by atomic mass is 35.5. The van der Waals surface area contributed by atoms with Crippen LogP contribution < -0.4 is 4.74 Å². The largest absolute Gasteiger partial charge is 0.495 e.